The van der Waals surface area contributed by atoms with Gasteiger partial charge in [0.15, 0.2) is 18.2 Å². The molecule has 1 fully saturated rings. The summed E-state index contributed by atoms with van der Waals surface area (Å²) in [4.78, 5) is 24.7. The summed E-state index contributed by atoms with van der Waals surface area (Å²) >= 11 is 0. The van der Waals surface area contributed by atoms with Crippen LogP contribution in [0.4, 0.5) is 28.0 Å². The third-order valence-electron chi connectivity index (χ3n) is 3.87. The lowest BCUT2D eigenvalue weighted by molar-refractivity contribution is -0.153. The molecule has 6 nitrogen and oxygen atoms in total. The number of anilines is 1. The molecule has 2 rings (SSSR count). The summed E-state index contributed by atoms with van der Waals surface area (Å²) in [5, 5.41) is 11.5. The second-order valence-corrected chi connectivity index (χ2v) is 6.26. The number of carbonyl (C=O) groups excluding carboxylic acids is 1. The number of carbonyl (C=O) groups is 2. The number of amides is 2. The van der Waals surface area contributed by atoms with Crippen molar-refractivity contribution in [3.63, 3.8) is 0 Å². The zero-order chi connectivity index (χ0) is 19.5. The van der Waals surface area contributed by atoms with Gasteiger partial charge in [0, 0.05) is 24.8 Å². The molecule has 0 bridgehead atoms. The molecular weight excluding hydrogens is 360 g/mol. The standard InChI is InChI=1S/C16H18F4N2O4/c1-9-4-10(14(23)24)7-22(6-9)15(25)21-11-2-3-13(12(17)5-11)26-8-16(18,19)20/h2-3,5,9-10H,4,6-8H2,1H3,(H,21,25)(H,23,24). The van der Waals surface area contributed by atoms with Crippen LogP contribution in [-0.2, 0) is 4.79 Å². The predicted molar refractivity (Wildman–Crippen MR) is 83.4 cm³/mol. The van der Waals surface area contributed by atoms with Crippen molar-refractivity contribution in [2.45, 2.75) is 19.5 Å². The van der Waals surface area contributed by atoms with E-state index in [0.717, 1.165) is 12.1 Å². The quantitative estimate of drug-likeness (QED) is 0.788. The second-order valence-electron chi connectivity index (χ2n) is 6.26. The number of rotatable bonds is 4. The number of benzene rings is 1. The van der Waals surface area contributed by atoms with Crippen molar-refractivity contribution in [2.75, 3.05) is 25.0 Å². The molecule has 0 radical (unpaired) electrons. The molecule has 0 aromatic heterocycles. The lowest BCUT2D eigenvalue weighted by Gasteiger charge is -2.34. The fourth-order valence-corrected chi connectivity index (χ4v) is 2.75. The summed E-state index contributed by atoms with van der Waals surface area (Å²) in [6.07, 6.45) is -4.13. The maximum atomic E-state index is 13.8. The van der Waals surface area contributed by atoms with E-state index < -0.39 is 42.3 Å². The Morgan fingerprint density at radius 3 is 2.62 bits per heavy atom. The Hall–Kier alpha value is -2.52. The SMILES string of the molecule is CC1CC(C(=O)O)CN(C(=O)Nc2ccc(OCC(F)(F)F)c(F)c2)C1. The minimum atomic E-state index is -4.59. The minimum absolute atomic E-state index is 0.00881. The van der Waals surface area contributed by atoms with Gasteiger partial charge in [0.05, 0.1) is 5.92 Å². The zero-order valence-corrected chi connectivity index (χ0v) is 13.8. The van der Waals surface area contributed by atoms with Gasteiger partial charge in [0.25, 0.3) is 0 Å². The molecule has 0 aliphatic carbocycles. The number of nitrogens with one attached hydrogen (secondary N) is 1. The van der Waals surface area contributed by atoms with Gasteiger partial charge in [-0.3, -0.25) is 4.79 Å². The summed E-state index contributed by atoms with van der Waals surface area (Å²) in [7, 11) is 0. The highest BCUT2D eigenvalue weighted by Crippen LogP contribution is 2.25. The fourth-order valence-electron chi connectivity index (χ4n) is 2.75. The number of ether oxygens (including phenoxy) is 1. The van der Waals surface area contributed by atoms with E-state index in [4.69, 9.17) is 5.11 Å². The molecule has 26 heavy (non-hydrogen) atoms. The molecule has 10 heteroatoms. The monoisotopic (exact) mass is 378 g/mol. The Balaban J connectivity index is 2.00. The van der Waals surface area contributed by atoms with Gasteiger partial charge in [-0.2, -0.15) is 13.2 Å². The molecule has 2 unspecified atom stereocenters. The van der Waals surface area contributed by atoms with Crippen LogP contribution in [0.1, 0.15) is 13.3 Å². The normalized spacial score (nSPS) is 20.6. The van der Waals surface area contributed by atoms with Gasteiger partial charge in [-0.05, 0) is 24.5 Å². The second kappa shape index (κ2) is 7.79. The van der Waals surface area contributed by atoms with Crippen LogP contribution in [0.2, 0.25) is 0 Å². The van der Waals surface area contributed by atoms with Gasteiger partial charge in [0.1, 0.15) is 0 Å². The van der Waals surface area contributed by atoms with Gasteiger partial charge in [-0.15, -0.1) is 0 Å². The lowest BCUT2D eigenvalue weighted by atomic mass is 9.91. The summed E-state index contributed by atoms with van der Waals surface area (Å²) in [6, 6.07) is 2.42. The number of urea groups is 1. The van der Waals surface area contributed by atoms with E-state index in [2.05, 4.69) is 10.1 Å². The highest BCUT2D eigenvalue weighted by atomic mass is 19.4. The molecule has 1 aromatic carbocycles. The van der Waals surface area contributed by atoms with E-state index in [0.29, 0.717) is 13.0 Å². The van der Waals surface area contributed by atoms with Crippen LogP contribution in [0.3, 0.4) is 0 Å². The maximum absolute atomic E-state index is 13.8. The smallest absolute Gasteiger partial charge is 0.422 e. The molecule has 1 aliphatic heterocycles. The first-order valence-electron chi connectivity index (χ1n) is 7.83. The van der Waals surface area contributed by atoms with E-state index in [9.17, 15) is 27.2 Å². The summed E-state index contributed by atoms with van der Waals surface area (Å²) < 4.78 is 54.5. The van der Waals surface area contributed by atoms with Gasteiger partial charge in [-0.1, -0.05) is 6.92 Å². The first kappa shape index (κ1) is 19.8. The van der Waals surface area contributed by atoms with Gasteiger partial charge in [-0.25, -0.2) is 9.18 Å². The van der Waals surface area contributed by atoms with E-state index in [1.807, 2.05) is 6.92 Å². The first-order chi connectivity index (χ1) is 12.0. The number of alkyl halides is 3. The van der Waals surface area contributed by atoms with Gasteiger partial charge >= 0.3 is 18.2 Å². The predicted octanol–water partition coefficient (Wildman–Crippen LogP) is 3.34. The Morgan fingerprint density at radius 1 is 1.35 bits per heavy atom. The van der Waals surface area contributed by atoms with Crippen LogP contribution in [0.15, 0.2) is 18.2 Å². The van der Waals surface area contributed by atoms with Crippen LogP contribution >= 0.6 is 0 Å². The molecule has 2 amide bonds. The minimum Gasteiger partial charge on any atom is -0.481 e. The van der Waals surface area contributed by atoms with E-state index >= 15 is 0 Å². The highest BCUT2D eigenvalue weighted by molar-refractivity contribution is 5.89. The molecule has 1 heterocycles. The Kier molecular flexibility index (Phi) is 5.94. The van der Waals surface area contributed by atoms with E-state index in [-0.39, 0.29) is 18.2 Å². The molecule has 0 spiro atoms. The number of piperidine rings is 1. The summed E-state index contributed by atoms with van der Waals surface area (Å²) in [5.41, 5.74) is 0.0250. The number of aliphatic carboxylic acids is 1. The number of halogens is 4. The van der Waals surface area contributed by atoms with E-state index in [1.165, 1.54) is 11.0 Å². The molecule has 1 aliphatic rings. The first-order valence-corrected chi connectivity index (χ1v) is 7.83. The third-order valence-corrected chi connectivity index (χ3v) is 3.87. The molecule has 144 valence electrons. The summed E-state index contributed by atoms with van der Waals surface area (Å²) in [5.74, 6) is -3.32. The van der Waals surface area contributed by atoms with Gasteiger partial charge < -0.3 is 20.1 Å². The topological polar surface area (TPSA) is 78.9 Å². The van der Waals surface area contributed by atoms with Crippen LogP contribution in [-0.4, -0.2) is 47.9 Å². The Morgan fingerprint density at radius 2 is 2.04 bits per heavy atom. The van der Waals surface area contributed by atoms with Crippen LogP contribution in [0.25, 0.3) is 0 Å². The number of hydrogen-bond acceptors (Lipinski definition) is 3. The summed E-state index contributed by atoms with van der Waals surface area (Å²) in [6.45, 7) is 0.575. The maximum Gasteiger partial charge on any atom is 0.422 e. The molecule has 1 saturated heterocycles. The largest absolute Gasteiger partial charge is 0.481 e. The fraction of sp³-hybridized carbons (Fsp3) is 0.500. The zero-order valence-electron chi connectivity index (χ0n) is 13.8. The number of nitrogens with zero attached hydrogens (tertiary/aromatic N) is 1. The van der Waals surface area contributed by atoms with Crippen molar-refractivity contribution in [3.05, 3.63) is 24.0 Å². The number of carboxylic acids is 1. The number of carboxylic acid groups (broad SMARTS) is 1. The van der Waals surface area contributed by atoms with Crippen molar-refractivity contribution in [1.82, 2.24) is 4.90 Å². The van der Waals surface area contributed by atoms with Crippen molar-refractivity contribution in [2.24, 2.45) is 11.8 Å². The van der Waals surface area contributed by atoms with Gasteiger partial charge in [0.2, 0.25) is 0 Å². The van der Waals surface area contributed by atoms with E-state index in [1.54, 1.807) is 0 Å². The average Bonchev–Trinajstić information content (AvgIpc) is 2.52. The third kappa shape index (κ3) is 5.50. The van der Waals surface area contributed by atoms with Crippen molar-refractivity contribution in [3.8, 4) is 5.75 Å². The lowest BCUT2D eigenvalue weighted by Crippen LogP contribution is -2.47. The van der Waals surface area contributed by atoms with Crippen molar-refractivity contribution in [1.29, 1.82) is 0 Å². The number of hydrogen-bond donors (Lipinski definition) is 2. The van der Waals surface area contributed by atoms with Crippen LogP contribution in [0.5, 0.6) is 5.75 Å². The van der Waals surface area contributed by atoms with Crippen LogP contribution in [0, 0.1) is 17.7 Å². The van der Waals surface area contributed by atoms with Crippen molar-refractivity contribution >= 4 is 17.7 Å². The number of likely N-dealkylation sites (tertiary alicyclic amines) is 1. The average molecular weight is 378 g/mol. The molecule has 2 N–H and O–H groups in total. The highest BCUT2D eigenvalue weighted by Gasteiger charge is 2.32. The Bertz CT molecular complexity index is 681. The van der Waals surface area contributed by atoms with Crippen molar-refractivity contribution < 1.29 is 37.0 Å². The molecule has 0 saturated carbocycles. The van der Waals surface area contributed by atoms with Crippen LogP contribution < -0.4 is 10.1 Å². The molecule has 2 atom stereocenters. The molecular formula is C16H18F4N2O4. The Labute approximate surface area is 146 Å². The molecule has 1 aromatic rings.